The molecule has 1 aromatic carbocycles. The number of benzene rings is 1. The summed E-state index contributed by atoms with van der Waals surface area (Å²) >= 11 is 0. The Hall–Kier alpha value is -2.58. The number of carbonyl (C=O) groups excluding carboxylic acids is 1. The molecule has 2 fully saturated rings. The molecule has 0 saturated carbocycles. The van der Waals surface area contributed by atoms with Crippen LogP contribution < -0.4 is 4.90 Å². The number of amides is 1. The van der Waals surface area contributed by atoms with Gasteiger partial charge in [-0.2, -0.15) is 0 Å². The van der Waals surface area contributed by atoms with Gasteiger partial charge >= 0.3 is 0 Å². The molecule has 3 heterocycles. The van der Waals surface area contributed by atoms with Crippen molar-refractivity contribution in [3.63, 3.8) is 0 Å². The van der Waals surface area contributed by atoms with Gasteiger partial charge in [0.1, 0.15) is 11.9 Å². The standard InChI is InChI=1S/C22H28FN5O2/c1-26(2)22-24-13-18(16-6-5-7-17(23)12-16)21(25-22)19-14-27(10-11-30-19)15-20(29)28-8-3-4-9-28/h5-7,12-13,19H,3-4,8-11,14-15H2,1-2H3. The van der Waals surface area contributed by atoms with Gasteiger partial charge in [-0.1, -0.05) is 12.1 Å². The molecular formula is C22H28FN5O2. The first-order valence-electron chi connectivity index (χ1n) is 10.4. The maximum Gasteiger partial charge on any atom is 0.236 e. The molecule has 0 spiro atoms. The Bertz CT molecular complexity index is 901. The lowest BCUT2D eigenvalue weighted by molar-refractivity contribution is -0.133. The zero-order valence-corrected chi connectivity index (χ0v) is 17.6. The molecular weight excluding hydrogens is 385 g/mol. The monoisotopic (exact) mass is 413 g/mol. The van der Waals surface area contributed by atoms with Gasteiger partial charge in [0.05, 0.1) is 18.8 Å². The van der Waals surface area contributed by atoms with Crippen LogP contribution in [-0.2, 0) is 9.53 Å². The maximum atomic E-state index is 13.9. The van der Waals surface area contributed by atoms with Gasteiger partial charge < -0.3 is 14.5 Å². The highest BCUT2D eigenvalue weighted by atomic mass is 19.1. The summed E-state index contributed by atoms with van der Waals surface area (Å²) in [7, 11) is 3.76. The number of ether oxygens (including phenoxy) is 1. The normalized spacial score (nSPS) is 19.8. The molecule has 2 aliphatic rings. The third-order valence-electron chi connectivity index (χ3n) is 5.61. The van der Waals surface area contributed by atoms with Crippen molar-refractivity contribution in [1.29, 1.82) is 0 Å². The van der Waals surface area contributed by atoms with Crippen molar-refractivity contribution >= 4 is 11.9 Å². The van der Waals surface area contributed by atoms with Crippen molar-refractivity contribution in [1.82, 2.24) is 19.8 Å². The largest absolute Gasteiger partial charge is 0.369 e. The second kappa shape index (κ2) is 9.06. The van der Waals surface area contributed by atoms with E-state index in [0.717, 1.165) is 37.2 Å². The molecule has 30 heavy (non-hydrogen) atoms. The number of rotatable bonds is 5. The number of aromatic nitrogens is 2. The van der Waals surface area contributed by atoms with Gasteiger partial charge in [0.2, 0.25) is 11.9 Å². The van der Waals surface area contributed by atoms with Crippen LogP contribution in [0.2, 0.25) is 0 Å². The van der Waals surface area contributed by atoms with Crippen LogP contribution >= 0.6 is 0 Å². The van der Waals surface area contributed by atoms with Gasteiger partial charge in [-0.25, -0.2) is 14.4 Å². The molecule has 0 radical (unpaired) electrons. The van der Waals surface area contributed by atoms with Crippen molar-refractivity contribution in [2.75, 3.05) is 58.3 Å². The summed E-state index contributed by atoms with van der Waals surface area (Å²) in [6.45, 7) is 3.88. The fraction of sp³-hybridized carbons (Fsp3) is 0.500. The lowest BCUT2D eigenvalue weighted by Gasteiger charge is -2.34. The molecule has 4 rings (SSSR count). The van der Waals surface area contributed by atoms with Gasteiger partial charge in [-0.15, -0.1) is 0 Å². The molecule has 1 aromatic heterocycles. The van der Waals surface area contributed by atoms with E-state index in [4.69, 9.17) is 9.72 Å². The van der Waals surface area contributed by atoms with Crippen LogP contribution in [0.25, 0.3) is 11.1 Å². The van der Waals surface area contributed by atoms with E-state index >= 15 is 0 Å². The Morgan fingerprint density at radius 1 is 1.27 bits per heavy atom. The quantitative estimate of drug-likeness (QED) is 0.750. The van der Waals surface area contributed by atoms with Crippen molar-refractivity contribution < 1.29 is 13.9 Å². The van der Waals surface area contributed by atoms with Crippen LogP contribution in [0.3, 0.4) is 0 Å². The van der Waals surface area contributed by atoms with Gasteiger partial charge in [-0.05, 0) is 30.5 Å². The van der Waals surface area contributed by atoms with E-state index in [1.807, 2.05) is 30.0 Å². The second-order valence-electron chi connectivity index (χ2n) is 8.06. The highest BCUT2D eigenvalue weighted by molar-refractivity contribution is 5.78. The zero-order chi connectivity index (χ0) is 21.1. The van der Waals surface area contributed by atoms with E-state index in [2.05, 4.69) is 9.88 Å². The number of likely N-dealkylation sites (tertiary alicyclic amines) is 1. The van der Waals surface area contributed by atoms with E-state index in [9.17, 15) is 9.18 Å². The molecule has 160 valence electrons. The molecule has 1 amide bonds. The van der Waals surface area contributed by atoms with Crippen LogP contribution in [-0.4, -0.2) is 79.1 Å². The number of morpholine rings is 1. The zero-order valence-electron chi connectivity index (χ0n) is 17.6. The number of halogens is 1. The number of nitrogens with zero attached hydrogens (tertiary/aromatic N) is 5. The Morgan fingerprint density at radius 2 is 2.07 bits per heavy atom. The fourth-order valence-electron chi connectivity index (χ4n) is 3.99. The number of hydrogen-bond acceptors (Lipinski definition) is 6. The van der Waals surface area contributed by atoms with Gasteiger partial charge in [0, 0.05) is 52.0 Å². The number of hydrogen-bond donors (Lipinski definition) is 0. The van der Waals surface area contributed by atoms with Gasteiger partial charge in [0.25, 0.3) is 0 Å². The molecule has 2 aliphatic heterocycles. The highest BCUT2D eigenvalue weighted by Gasteiger charge is 2.29. The Morgan fingerprint density at radius 3 is 2.80 bits per heavy atom. The highest BCUT2D eigenvalue weighted by Crippen LogP contribution is 2.32. The van der Waals surface area contributed by atoms with E-state index in [1.165, 1.54) is 12.1 Å². The smallest absolute Gasteiger partial charge is 0.236 e. The van der Waals surface area contributed by atoms with Gasteiger partial charge in [0.15, 0.2) is 0 Å². The first kappa shape index (κ1) is 20.7. The number of anilines is 1. The maximum absolute atomic E-state index is 13.9. The summed E-state index contributed by atoms with van der Waals surface area (Å²) in [6, 6.07) is 6.42. The van der Waals surface area contributed by atoms with E-state index in [0.29, 0.717) is 37.8 Å². The predicted molar refractivity (Wildman–Crippen MR) is 113 cm³/mol. The topological polar surface area (TPSA) is 61.8 Å². The van der Waals surface area contributed by atoms with Crippen LogP contribution in [0.1, 0.15) is 24.6 Å². The van der Waals surface area contributed by atoms with Crippen LogP contribution in [0.15, 0.2) is 30.5 Å². The SMILES string of the molecule is CN(C)c1ncc(-c2cccc(F)c2)c(C2CN(CC(=O)N3CCCC3)CCO2)n1. The van der Waals surface area contributed by atoms with Gasteiger partial charge in [-0.3, -0.25) is 9.69 Å². The number of carbonyl (C=O) groups is 1. The molecule has 0 bridgehead atoms. The lowest BCUT2D eigenvalue weighted by Crippen LogP contribution is -2.45. The van der Waals surface area contributed by atoms with E-state index in [-0.39, 0.29) is 17.8 Å². The third-order valence-corrected chi connectivity index (χ3v) is 5.61. The van der Waals surface area contributed by atoms with Crippen molar-refractivity contribution in [3.05, 3.63) is 42.0 Å². The summed E-state index contributed by atoms with van der Waals surface area (Å²) in [5, 5.41) is 0. The fourth-order valence-corrected chi connectivity index (χ4v) is 3.99. The average molecular weight is 413 g/mol. The Labute approximate surface area is 176 Å². The van der Waals surface area contributed by atoms with Crippen molar-refractivity contribution in [2.45, 2.75) is 18.9 Å². The molecule has 2 saturated heterocycles. The second-order valence-corrected chi connectivity index (χ2v) is 8.06. The Balaban J connectivity index is 1.59. The first-order chi connectivity index (χ1) is 14.5. The molecule has 8 heteroatoms. The minimum absolute atomic E-state index is 0.176. The summed E-state index contributed by atoms with van der Waals surface area (Å²) in [5.41, 5.74) is 2.18. The predicted octanol–water partition coefficient (Wildman–Crippen LogP) is 2.34. The van der Waals surface area contributed by atoms with Crippen molar-refractivity contribution in [3.8, 4) is 11.1 Å². The lowest BCUT2D eigenvalue weighted by atomic mass is 10.0. The first-order valence-corrected chi connectivity index (χ1v) is 10.4. The molecule has 1 unspecified atom stereocenters. The van der Waals surface area contributed by atoms with E-state index in [1.54, 1.807) is 12.3 Å². The molecule has 0 aliphatic carbocycles. The summed E-state index contributed by atoms with van der Waals surface area (Å²) in [4.78, 5) is 27.7. The van der Waals surface area contributed by atoms with Crippen molar-refractivity contribution in [2.24, 2.45) is 0 Å². The molecule has 0 N–H and O–H groups in total. The third kappa shape index (κ3) is 4.60. The molecule has 7 nitrogen and oxygen atoms in total. The molecule has 1 atom stereocenters. The van der Waals surface area contributed by atoms with Crippen LogP contribution in [0.5, 0.6) is 0 Å². The minimum atomic E-state index is -0.315. The molecule has 2 aromatic rings. The average Bonchev–Trinajstić information content (AvgIpc) is 3.28. The van der Waals surface area contributed by atoms with Crippen LogP contribution in [0, 0.1) is 5.82 Å². The summed E-state index contributed by atoms with van der Waals surface area (Å²) in [6.07, 6.45) is 3.58. The summed E-state index contributed by atoms with van der Waals surface area (Å²) in [5.74, 6) is 0.437. The summed E-state index contributed by atoms with van der Waals surface area (Å²) < 4.78 is 19.9. The van der Waals surface area contributed by atoms with E-state index < -0.39 is 0 Å². The Kier molecular flexibility index (Phi) is 6.24. The van der Waals surface area contributed by atoms with Crippen LogP contribution in [0.4, 0.5) is 10.3 Å². The minimum Gasteiger partial charge on any atom is -0.369 e.